The minimum absolute atomic E-state index is 0.0242. The molecular weight excluding hydrogens is 338 g/mol. The minimum Gasteiger partial charge on any atom is -0.478 e. The van der Waals surface area contributed by atoms with E-state index in [2.05, 4.69) is 4.72 Å². The van der Waals surface area contributed by atoms with Gasteiger partial charge in [0.05, 0.1) is 16.1 Å². The zero-order valence-electron chi connectivity index (χ0n) is 13.8. The summed E-state index contributed by atoms with van der Waals surface area (Å²) >= 11 is 0. The topological polar surface area (TPSA) is 83.5 Å². The van der Waals surface area contributed by atoms with E-state index >= 15 is 0 Å². The molecule has 3 rings (SSSR count). The number of carboxylic acids is 1. The summed E-state index contributed by atoms with van der Waals surface area (Å²) in [6.45, 7) is 3.29. The van der Waals surface area contributed by atoms with Gasteiger partial charge in [0, 0.05) is 5.39 Å². The first-order valence-electron chi connectivity index (χ1n) is 7.65. The highest BCUT2D eigenvalue weighted by Crippen LogP contribution is 2.27. The average molecular weight is 355 g/mol. The van der Waals surface area contributed by atoms with Crippen LogP contribution in [0.25, 0.3) is 10.8 Å². The van der Waals surface area contributed by atoms with E-state index in [-0.39, 0.29) is 10.5 Å². The highest BCUT2D eigenvalue weighted by Gasteiger charge is 2.21. The summed E-state index contributed by atoms with van der Waals surface area (Å²) in [5, 5.41) is 10.9. The van der Waals surface area contributed by atoms with E-state index < -0.39 is 16.0 Å². The van der Waals surface area contributed by atoms with Crippen molar-refractivity contribution in [1.29, 1.82) is 0 Å². The van der Waals surface area contributed by atoms with Gasteiger partial charge in [-0.2, -0.15) is 0 Å². The molecule has 0 aliphatic rings. The van der Waals surface area contributed by atoms with Crippen molar-refractivity contribution in [3.63, 3.8) is 0 Å². The summed E-state index contributed by atoms with van der Waals surface area (Å²) in [4.78, 5) is 11.3. The van der Waals surface area contributed by atoms with Crippen LogP contribution < -0.4 is 4.72 Å². The fraction of sp³-hybridized carbons (Fsp3) is 0.105. The molecule has 0 aliphatic carbocycles. The Hall–Kier alpha value is -2.86. The summed E-state index contributed by atoms with van der Waals surface area (Å²) in [5.74, 6) is -1.15. The Morgan fingerprint density at radius 3 is 2.36 bits per heavy atom. The first-order chi connectivity index (χ1) is 11.8. The number of carboxylic acid groups (broad SMARTS) is 1. The molecule has 128 valence electrons. The van der Waals surface area contributed by atoms with Crippen molar-refractivity contribution >= 4 is 32.5 Å². The van der Waals surface area contributed by atoms with Crippen molar-refractivity contribution in [3.05, 3.63) is 71.3 Å². The molecule has 0 saturated heterocycles. The second-order valence-electron chi connectivity index (χ2n) is 5.87. The molecule has 0 aliphatic heterocycles. The fourth-order valence-corrected chi connectivity index (χ4v) is 4.20. The molecule has 0 bridgehead atoms. The zero-order chi connectivity index (χ0) is 18.2. The number of aryl methyl sites for hydroxylation is 2. The van der Waals surface area contributed by atoms with Crippen LogP contribution in [-0.4, -0.2) is 19.5 Å². The van der Waals surface area contributed by atoms with Crippen LogP contribution in [0.15, 0.2) is 59.5 Å². The molecule has 0 unspecified atom stereocenters. The number of carbonyl (C=O) groups is 1. The van der Waals surface area contributed by atoms with Gasteiger partial charge in [0.2, 0.25) is 0 Å². The quantitative estimate of drug-likeness (QED) is 0.742. The number of fused-ring (bicyclic) bond motifs is 1. The van der Waals surface area contributed by atoms with Gasteiger partial charge >= 0.3 is 5.97 Å². The third kappa shape index (κ3) is 3.21. The lowest BCUT2D eigenvalue weighted by Crippen LogP contribution is -2.16. The average Bonchev–Trinajstić information content (AvgIpc) is 2.54. The van der Waals surface area contributed by atoms with Crippen LogP contribution in [0, 0.1) is 13.8 Å². The molecule has 0 fully saturated rings. The van der Waals surface area contributed by atoms with Crippen molar-refractivity contribution in [2.75, 3.05) is 4.72 Å². The predicted molar refractivity (Wildman–Crippen MR) is 97.6 cm³/mol. The standard InChI is InChI=1S/C19H17NO4S/c1-12-10-13(2)18(11-16(12)19(21)22)25(23,24)20-17-9-5-7-14-6-3-4-8-15(14)17/h3-11,20H,1-2H3,(H,21,22). The molecule has 0 spiro atoms. The number of aromatic carboxylic acids is 1. The Morgan fingerprint density at radius 2 is 1.64 bits per heavy atom. The Morgan fingerprint density at radius 1 is 0.960 bits per heavy atom. The molecule has 0 aromatic heterocycles. The Labute approximate surface area is 146 Å². The Bertz CT molecular complexity index is 1080. The number of anilines is 1. The predicted octanol–water partition coefficient (Wildman–Crippen LogP) is 3.96. The van der Waals surface area contributed by atoms with Gasteiger partial charge in [0.25, 0.3) is 10.0 Å². The second kappa shape index (κ2) is 6.22. The maximum absolute atomic E-state index is 12.8. The Kier molecular flexibility index (Phi) is 4.22. The lowest BCUT2D eigenvalue weighted by molar-refractivity contribution is 0.0696. The molecule has 3 aromatic rings. The normalized spacial score (nSPS) is 11.4. The van der Waals surface area contributed by atoms with E-state index in [0.29, 0.717) is 16.8 Å². The van der Waals surface area contributed by atoms with E-state index in [0.717, 1.165) is 10.8 Å². The van der Waals surface area contributed by atoms with Gasteiger partial charge in [0.1, 0.15) is 0 Å². The van der Waals surface area contributed by atoms with Gasteiger partial charge in [-0.15, -0.1) is 0 Å². The third-order valence-corrected chi connectivity index (χ3v) is 5.58. The summed E-state index contributed by atoms with van der Waals surface area (Å²) < 4.78 is 28.3. The highest BCUT2D eigenvalue weighted by molar-refractivity contribution is 7.92. The monoisotopic (exact) mass is 355 g/mol. The van der Waals surface area contributed by atoms with Crippen LogP contribution in [0.4, 0.5) is 5.69 Å². The summed E-state index contributed by atoms with van der Waals surface area (Å²) in [7, 11) is -3.92. The number of sulfonamides is 1. The van der Waals surface area contributed by atoms with E-state index in [9.17, 15) is 18.3 Å². The summed E-state index contributed by atoms with van der Waals surface area (Å²) in [6, 6.07) is 15.6. The maximum Gasteiger partial charge on any atom is 0.335 e. The number of hydrogen-bond donors (Lipinski definition) is 2. The van der Waals surface area contributed by atoms with Gasteiger partial charge in [-0.25, -0.2) is 13.2 Å². The largest absolute Gasteiger partial charge is 0.478 e. The van der Waals surface area contributed by atoms with Gasteiger partial charge in [-0.3, -0.25) is 4.72 Å². The Balaban J connectivity index is 2.11. The molecule has 0 atom stereocenters. The van der Waals surface area contributed by atoms with Crippen LogP contribution in [0.5, 0.6) is 0 Å². The molecule has 0 radical (unpaired) electrons. The van der Waals surface area contributed by atoms with Gasteiger partial charge in [0.15, 0.2) is 0 Å². The molecule has 0 saturated carbocycles. The van der Waals surface area contributed by atoms with Crippen LogP contribution in [0.2, 0.25) is 0 Å². The van der Waals surface area contributed by atoms with E-state index in [1.807, 2.05) is 30.3 Å². The van der Waals surface area contributed by atoms with E-state index in [4.69, 9.17) is 0 Å². The molecule has 6 heteroatoms. The molecule has 0 heterocycles. The van der Waals surface area contributed by atoms with Crippen molar-refractivity contribution < 1.29 is 18.3 Å². The highest BCUT2D eigenvalue weighted by atomic mass is 32.2. The summed E-state index contributed by atoms with van der Waals surface area (Å²) in [6.07, 6.45) is 0. The number of nitrogens with one attached hydrogen (secondary N) is 1. The molecule has 2 N–H and O–H groups in total. The number of rotatable bonds is 4. The SMILES string of the molecule is Cc1cc(C)c(S(=O)(=O)Nc2cccc3ccccc23)cc1C(=O)O. The van der Waals surface area contributed by atoms with Crippen LogP contribution >= 0.6 is 0 Å². The summed E-state index contributed by atoms with van der Waals surface area (Å²) in [5.41, 5.74) is 1.45. The van der Waals surface area contributed by atoms with Crippen LogP contribution in [0.3, 0.4) is 0 Å². The molecule has 25 heavy (non-hydrogen) atoms. The number of benzene rings is 3. The van der Waals surface area contributed by atoms with Crippen molar-refractivity contribution in [2.45, 2.75) is 18.7 Å². The third-order valence-electron chi connectivity index (χ3n) is 4.08. The lowest BCUT2D eigenvalue weighted by Gasteiger charge is -2.14. The van der Waals surface area contributed by atoms with Gasteiger partial charge < -0.3 is 5.11 Å². The second-order valence-corrected chi connectivity index (χ2v) is 7.52. The van der Waals surface area contributed by atoms with E-state index in [1.165, 1.54) is 6.07 Å². The molecule has 0 amide bonds. The number of hydrogen-bond acceptors (Lipinski definition) is 3. The van der Waals surface area contributed by atoms with E-state index in [1.54, 1.807) is 32.0 Å². The van der Waals surface area contributed by atoms with Crippen LogP contribution in [-0.2, 0) is 10.0 Å². The van der Waals surface area contributed by atoms with Crippen molar-refractivity contribution in [1.82, 2.24) is 0 Å². The first-order valence-corrected chi connectivity index (χ1v) is 9.13. The maximum atomic E-state index is 12.8. The van der Waals surface area contributed by atoms with Gasteiger partial charge in [-0.05, 0) is 42.5 Å². The van der Waals surface area contributed by atoms with Crippen molar-refractivity contribution in [3.8, 4) is 0 Å². The van der Waals surface area contributed by atoms with Crippen LogP contribution in [0.1, 0.15) is 21.5 Å². The smallest absolute Gasteiger partial charge is 0.335 e. The molecule has 3 aromatic carbocycles. The van der Waals surface area contributed by atoms with Crippen molar-refractivity contribution in [2.24, 2.45) is 0 Å². The lowest BCUT2D eigenvalue weighted by atomic mass is 10.1. The molecule has 5 nitrogen and oxygen atoms in total. The fourth-order valence-electron chi connectivity index (χ4n) is 2.87. The zero-order valence-corrected chi connectivity index (χ0v) is 14.6. The molecular formula is C19H17NO4S. The first kappa shape index (κ1) is 17.0. The minimum atomic E-state index is -3.92. The van der Waals surface area contributed by atoms with Gasteiger partial charge in [-0.1, -0.05) is 42.5 Å².